The molecule has 2 fully saturated rings. The summed E-state index contributed by atoms with van der Waals surface area (Å²) in [7, 11) is 0. The van der Waals surface area contributed by atoms with Gasteiger partial charge in [-0.25, -0.2) is 0 Å². The summed E-state index contributed by atoms with van der Waals surface area (Å²) in [5.41, 5.74) is 4.70. The summed E-state index contributed by atoms with van der Waals surface area (Å²) < 4.78 is 5.30. The molecule has 4 aliphatic rings. The van der Waals surface area contributed by atoms with E-state index < -0.39 is 0 Å². The number of carbonyl (C=O) groups is 1. The first-order chi connectivity index (χ1) is 11.8. The molecule has 3 heteroatoms. The second-order valence-corrected chi connectivity index (χ2v) is 7.00. The van der Waals surface area contributed by atoms with Gasteiger partial charge in [-0.3, -0.25) is 4.79 Å². The zero-order chi connectivity index (χ0) is 16.8. The number of allylic oxidation sites excluding steroid dienone is 7. The van der Waals surface area contributed by atoms with Crippen molar-refractivity contribution in [3.8, 4) is 0 Å². The molecule has 4 rings (SSSR count). The zero-order valence-corrected chi connectivity index (χ0v) is 16.2. The standard InChI is InChI=1S/C17H24O2.C5H5.Co/c1-2-19-17(18)16-11-12-7-3-4-8-13(12)14-9-5-6-10-15(14)16;1-2-4-5-3-1;/h11,15-16H,2-10H2,1H3;1-5H;. The van der Waals surface area contributed by atoms with Gasteiger partial charge in [0.1, 0.15) is 0 Å². The third-order valence-electron chi connectivity index (χ3n) is 5.49. The molecule has 0 bridgehead atoms. The van der Waals surface area contributed by atoms with Gasteiger partial charge in [0.2, 0.25) is 0 Å². The van der Waals surface area contributed by atoms with Gasteiger partial charge in [-0.2, -0.15) is 0 Å². The molecule has 2 saturated carbocycles. The van der Waals surface area contributed by atoms with Crippen molar-refractivity contribution in [2.24, 2.45) is 11.8 Å². The summed E-state index contributed by atoms with van der Waals surface area (Å²) >= 11 is 0. The van der Waals surface area contributed by atoms with E-state index in [9.17, 15) is 4.79 Å². The molecule has 0 amide bonds. The molecule has 0 heterocycles. The molecule has 0 saturated heterocycles. The maximum absolute atomic E-state index is 12.2. The summed E-state index contributed by atoms with van der Waals surface area (Å²) in [6.45, 7) is 2.40. The van der Waals surface area contributed by atoms with Gasteiger partial charge in [-0.15, -0.1) is 0 Å². The zero-order valence-electron chi connectivity index (χ0n) is 15.1. The van der Waals surface area contributed by atoms with Crippen molar-refractivity contribution >= 4 is 5.97 Å². The summed E-state index contributed by atoms with van der Waals surface area (Å²) in [6, 6.07) is 0. The average molecular weight is 384 g/mol. The van der Waals surface area contributed by atoms with Crippen LogP contribution in [0.5, 0.6) is 0 Å². The van der Waals surface area contributed by atoms with Gasteiger partial charge in [-0.05, 0) is 68.9 Å². The minimum Gasteiger partial charge on any atom is -0.466 e. The van der Waals surface area contributed by atoms with Crippen LogP contribution in [0.15, 0.2) is 47.1 Å². The van der Waals surface area contributed by atoms with Gasteiger partial charge in [0.15, 0.2) is 0 Å². The van der Waals surface area contributed by atoms with Gasteiger partial charge >= 0.3 is 5.97 Å². The van der Waals surface area contributed by atoms with E-state index in [1.807, 2.05) is 37.6 Å². The first-order valence-corrected chi connectivity index (χ1v) is 9.57. The van der Waals surface area contributed by atoms with E-state index >= 15 is 0 Å². The van der Waals surface area contributed by atoms with Gasteiger partial charge < -0.3 is 4.74 Å². The number of hydrogen-bond donors (Lipinski definition) is 0. The number of hydrogen-bond acceptors (Lipinski definition) is 2. The van der Waals surface area contributed by atoms with Crippen molar-refractivity contribution in [3.63, 3.8) is 0 Å². The van der Waals surface area contributed by atoms with Crippen LogP contribution in [0, 0.1) is 18.3 Å². The summed E-state index contributed by atoms with van der Waals surface area (Å²) in [4.78, 5) is 12.2. The second-order valence-electron chi connectivity index (χ2n) is 7.00. The van der Waals surface area contributed by atoms with Crippen LogP contribution >= 0.6 is 0 Å². The molecule has 0 aromatic carbocycles. The topological polar surface area (TPSA) is 26.3 Å². The first kappa shape index (κ1) is 20.3. The molecule has 2 unspecified atom stereocenters. The van der Waals surface area contributed by atoms with E-state index in [4.69, 9.17) is 4.74 Å². The quantitative estimate of drug-likeness (QED) is 0.589. The fourth-order valence-corrected chi connectivity index (χ4v) is 4.41. The molecule has 138 valence electrons. The minimum atomic E-state index is 0. The van der Waals surface area contributed by atoms with Crippen molar-refractivity contribution in [1.29, 1.82) is 0 Å². The number of rotatable bonds is 2. The Labute approximate surface area is 162 Å². The normalized spacial score (nSPS) is 26.5. The van der Waals surface area contributed by atoms with Crippen molar-refractivity contribution in [1.82, 2.24) is 0 Å². The minimum absolute atomic E-state index is 0. The van der Waals surface area contributed by atoms with E-state index in [0.29, 0.717) is 12.5 Å². The van der Waals surface area contributed by atoms with Crippen LogP contribution in [-0.4, -0.2) is 12.6 Å². The van der Waals surface area contributed by atoms with Crippen LogP contribution in [0.4, 0.5) is 0 Å². The van der Waals surface area contributed by atoms with E-state index in [-0.39, 0.29) is 28.7 Å². The Kier molecular flexibility index (Phi) is 8.24. The summed E-state index contributed by atoms with van der Waals surface area (Å²) in [6.07, 6.45) is 22.2. The Morgan fingerprint density at radius 3 is 2.44 bits per heavy atom. The maximum Gasteiger partial charge on any atom is 0.313 e. The monoisotopic (exact) mass is 384 g/mol. The Morgan fingerprint density at radius 2 is 1.76 bits per heavy atom. The third kappa shape index (κ3) is 4.98. The largest absolute Gasteiger partial charge is 0.466 e. The van der Waals surface area contributed by atoms with Crippen molar-refractivity contribution in [2.75, 3.05) is 6.61 Å². The Hall–Kier alpha value is -1.06. The molecular weight excluding hydrogens is 355 g/mol. The molecule has 0 N–H and O–H groups in total. The SMILES string of the molecule is CCOC(=O)C1C=C2CCCCC2=C2CCCCC21.[CH]1C=CC=C1.[Co]. The van der Waals surface area contributed by atoms with Crippen LogP contribution in [0.2, 0.25) is 0 Å². The van der Waals surface area contributed by atoms with Gasteiger partial charge in [0.25, 0.3) is 0 Å². The molecule has 2 nitrogen and oxygen atoms in total. The molecule has 0 spiro atoms. The van der Waals surface area contributed by atoms with Crippen LogP contribution < -0.4 is 0 Å². The molecule has 0 aliphatic heterocycles. The van der Waals surface area contributed by atoms with Crippen LogP contribution in [-0.2, 0) is 26.3 Å². The van der Waals surface area contributed by atoms with Crippen molar-refractivity contribution < 1.29 is 26.3 Å². The summed E-state index contributed by atoms with van der Waals surface area (Å²) in [5.74, 6) is 0.459. The van der Waals surface area contributed by atoms with Crippen molar-refractivity contribution in [2.45, 2.75) is 58.3 Å². The smallest absolute Gasteiger partial charge is 0.313 e. The van der Waals surface area contributed by atoms with Crippen molar-refractivity contribution in [3.05, 3.63) is 53.5 Å². The first-order valence-electron chi connectivity index (χ1n) is 9.57. The summed E-state index contributed by atoms with van der Waals surface area (Å²) in [5, 5.41) is 0. The predicted octanol–water partition coefficient (Wildman–Crippen LogP) is 5.48. The van der Waals surface area contributed by atoms with Gasteiger partial charge in [-0.1, -0.05) is 42.4 Å². The fraction of sp³-hybridized carbons (Fsp3) is 0.545. The Morgan fingerprint density at radius 1 is 1.04 bits per heavy atom. The molecule has 2 atom stereocenters. The van der Waals surface area contributed by atoms with E-state index in [1.54, 1.807) is 11.1 Å². The van der Waals surface area contributed by atoms with Crippen LogP contribution in [0.1, 0.15) is 58.3 Å². The van der Waals surface area contributed by atoms with E-state index in [0.717, 1.165) is 0 Å². The Balaban J connectivity index is 0.000000325. The third-order valence-corrected chi connectivity index (χ3v) is 5.49. The number of carbonyl (C=O) groups excluding carboxylic acids is 1. The van der Waals surface area contributed by atoms with Gasteiger partial charge in [0, 0.05) is 23.2 Å². The number of fused-ring (bicyclic) bond motifs is 2. The molecule has 25 heavy (non-hydrogen) atoms. The van der Waals surface area contributed by atoms with Gasteiger partial charge in [0.05, 0.1) is 12.5 Å². The molecular formula is C22H29CoO2. The van der Waals surface area contributed by atoms with Crippen LogP contribution in [0.3, 0.4) is 0 Å². The molecule has 0 aromatic heterocycles. The number of ether oxygens (including phenoxy) is 1. The second kappa shape index (κ2) is 10.2. The fourth-order valence-electron chi connectivity index (χ4n) is 4.41. The Bertz CT molecular complexity index is 573. The average Bonchev–Trinajstić information content (AvgIpc) is 3.21. The maximum atomic E-state index is 12.2. The van der Waals surface area contributed by atoms with E-state index in [2.05, 4.69) is 6.08 Å². The van der Waals surface area contributed by atoms with E-state index in [1.165, 1.54) is 56.9 Å². The molecule has 4 aliphatic carbocycles. The molecule has 0 aromatic rings. The predicted molar refractivity (Wildman–Crippen MR) is 98.2 cm³/mol. The molecule has 2 radical (unpaired) electrons. The van der Waals surface area contributed by atoms with Crippen LogP contribution in [0.25, 0.3) is 0 Å². The number of esters is 1.